The van der Waals surface area contributed by atoms with Gasteiger partial charge < -0.3 is 5.32 Å². The molecule has 1 atom stereocenters. The van der Waals surface area contributed by atoms with Crippen LogP contribution in [0.15, 0.2) is 53.4 Å². The van der Waals surface area contributed by atoms with E-state index < -0.39 is 16.1 Å². The van der Waals surface area contributed by atoms with Crippen molar-refractivity contribution in [2.45, 2.75) is 44.2 Å². The molecule has 33 heavy (non-hydrogen) atoms. The van der Waals surface area contributed by atoms with Crippen molar-refractivity contribution in [1.29, 1.82) is 0 Å². The Labute approximate surface area is 197 Å². The number of benzene rings is 2. The van der Waals surface area contributed by atoms with Gasteiger partial charge >= 0.3 is 0 Å². The Morgan fingerprint density at radius 2 is 1.82 bits per heavy atom. The summed E-state index contributed by atoms with van der Waals surface area (Å²) in [4.78, 5) is 13.1. The fourth-order valence-electron chi connectivity index (χ4n) is 3.92. The first kappa shape index (κ1) is 23.3. The molecule has 1 unspecified atom stereocenters. The molecule has 1 fully saturated rings. The summed E-state index contributed by atoms with van der Waals surface area (Å²) in [6, 6.07) is 12.3. The largest absolute Gasteiger partial charge is 0.355 e. The lowest BCUT2D eigenvalue weighted by Crippen LogP contribution is -2.49. The zero-order valence-electron chi connectivity index (χ0n) is 18.3. The van der Waals surface area contributed by atoms with Gasteiger partial charge in [-0.2, -0.15) is 9.52 Å². The van der Waals surface area contributed by atoms with Crippen molar-refractivity contribution >= 4 is 27.5 Å². The number of nitrogens with one attached hydrogen (secondary N) is 2. The van der Waals surface area contributed by atoms with Gasteiger partial charge in [0.15, 0.2) is 0 Å². The number of carbonyl (C=O) groups excluding carboxylic acids is 1. The molecule has 2 heterocycles. The van der Waals surface area contributed by atoms with E-state index in [1.807, 2.05) is 13.8 Å². The first-order chi connectivity index (χ1) is 15.7. The third-order valence-corrected chi connectivity index (χ3v) is 7.93. The highest BCUT2D eigenvalue weighted by Crippen LogP contribution is 2.34. The summed E-state index contributed by atoms with van der Waals surface area (Å²) in [5.41, 5.74) is 1.27. The van der Waals surface area contributed by atoms with Crippen molar-refractivity contribution in [2.75, 3.05) is 6.54 Å². The molecule has 0 aliphatic carbocycles. The van der Waals surface area contributed by atoms with Crippen LogP contribution in [-0.4, -0.2) is 51.8 Å². The normalized spacial score (nSPS) is 18.7. The molecule has 0 saturated carbocycles. The Kier molecular flexibility index (Phi) is 6.51. The van der Waals surface area contributed by atoms with Gasteiger partial charge in [-0.05, 0) is 53.3 Å². The van der Waals surface area contributed by atoms with Gasteiger partial charge in [0, 0.05) is 23.7 Å². The van der Waals surface area contributed by atoms with E-state index in [2.05, 4.69) is 25.9 Å². The van der Waals surface area contributed by atoms with Crippen LogP contribution in [-0.2, 0) is 21.4 Å². The molecule has 1 aliphatic heterocycles. The maximum Gasteiger partial charge on any atom is 0.244 e. The minimum absolute atomic E-state index is 0.0334. The Morgan fingerprint density at radius 1 is 1.12 bits per heavy atom. The summed E-state index contributed by atoms with van der Waals surface area (Å²) in [6.45, 7) is 4.64. The minimum Gasteiger partial charge on any atom is -0.355 e. The molecule has 1 saturated heterocycles. The van der Waals surface area contributed by atoms with Crippen LogP contribution in [0.4, 0.5) is 0 Å². The predicted octanol–water partition coefficient (Wildman–Crippen LogP) is 3.02. The predicted molar refractivity (Wildman–Crippen MR) is 124 cm³/mol. The van der Waals surface area contributed by atoms with Crippen LogP contribution in [0.5, 0.6) is 0 Å². The summed E-state index contributed by atoms with van der Waals surface area (Å²) in [5, 5.41) is 17.2. The fraction of sp³-hybridized carbons (Fsp3) is 0.364. The maximum absolute atomic E-state index is 13.7. The topological polar surface area (TPSA) is 121 Å². The fourth-order valence-corrected chi connectivity index (χ4v) is 5.62. The molecule has 2 aromatic carbocycles. The molecular weight excluding hydrogens is 464 g/mol. The summed E-state index contributed by atoms with van der Waals surface area (Å²) in [6.07, 6.45) is 1.18. The third-order valence-electron chi connectivity index (χ3n) is 5.81. The standard InChI is InChI=1S/C22H25ClN6O3S/c1-22(2)11-12-24-21(30)19(13-22)29(33(31,32)18-9-7-17(23)8-10-18)14-15-3-5-16(6-4-15)20-25-27-28-26-20/h3-10,19H,11-14H2,1-2H3,(H,24,30)(H,25,26,27,28). The maximum atomic E-state index is 13.7. The van der Waals surface area contributed by atoms with Gasteiger partial charge in [-0.25, -0.2) is 8.42 Å². The quantitative estimate of drug-likeness (QED) is 0.550. The first-order valence-electron chi connectivity index (χ1n) is 10.5. The summed E-state index contributed by atoms with van der Waals surface area (Å²) in [5.74, 6) is 0.151. The van der Waals surface area contributed by atoms with Gasteiger partial charge in [-0.3, -0.25) is 4.79 Å². The van der Waals surface area contributed by atoms with Crippen molar-refractivity contribution in [3.63, 3.8) is 0 Å². The highest BCUT2D eigenvalue weighted by Gasteiger charge is 2.40. The third kappa shape index (κ3) is 5.23. The molecule has 11 heteroatoms. The number of sulfonamides is 1. The van der Waals surface area contributed by atoms with Crippen LogP contribution < -0.4 is 5.32 Å². The SMILES string of the molecule is CC1(C)CCNC(=O)C(N(Cc2ccc(-c3nn[nH]n3)cc2)S(=O)(=O)c2ccc(Cl)cc2)C1. The molecular formula is C22H25ClN6O3S. The number of nitrogens with zero attached hydrogens (tertiary/aromatic N) is 4. The van der Waals surface area contributed by atoms with E-state index in [1.54, 1.807) is 24.3 Å². The molecule has 4 rings (SSSR count). The van der Waals surface area contributed by atoms with Crippen LogP contribution in [0, 0.1) is 5.41 Å². The monoisotopic (exact) mass is 488 g/mol. The molecule has 3 aromatic rings. The van der Waals surface area contributed by atoms with Gasteiger partial charge in [-0.1, -0.05) is 49.7 Å². The average molecular weight is 489 g/mol. The molecule has 2 N–H and O–H groups in total. The number of hydrogen-bond donors (Lipinski definition) is 2. The number of halogens is 1. The Balaban J connectivity index is 1.72. The van der Waals surface area contributed by atoms with Crippen LogP contribution in [0.2, 0.25) is 5.02 Å². The van der Waals surface area contributed by atoms with E-state index >= 15 is 0 Å². The van der Waals surface area contributed by atoms with E-state index in [9.17, 15) is 13.2 Å². The molecule has 1 aliphatic rings. The van der Waals surface area contributed by atoms with Crippen LogP contribution in [0.3, 0.4) is 0 Å². The Hall–Kier alpha value is -2.82. The van der Waals surface area contributed by atoms with Crippen molar-refractivity contribution in [2.24, 2.45) is 5.41 Å². The first-order valence-corrected chi connectivity index (χ1v) is 12.4. The molecule has 0 radical (unpaired) electrons. The molecule has 1 amide bonds. The van der Waals surface area contributed by atoms with E-state index in [0.29, 0.717) is 23.8 Å². The van der Waals surface area contributed by atoms with Crippen LogP contribution in [0.25, 0.3) is 11.4 Å². The highest BCUT2D eigenvalue weighted by atomic mass is 35.5. The zero-order valence-corrected chi connectivity index (χ0v) is 19.9. The number of rotatable bonds is 6. The average Bonchev–Trinajstić information content (AvgIpc) is 3.27. The lowest BCUT2D eigenvalue weighted by atomic mass is 9.83. The second kappa shape index (κ2) is 9.20. The smallest absolute Gasteiger partial charge is 0.244 e. The summed E-state index contributed by atoms with van der Waals surface area (Å²) < 4.78 is 28.8. The Bertz CT molecular complexity index is 1210. The van der Waals surface area contributed by atoms with Gasteiger partial charge in [0.25, 0.3) is 0 Å². The van der Waals surface area contributed by atoms with E-state index in [0.717, 1.165) is 17.5 Å². The van der Waals surface area contributed by atoms with Crippen molar-refractivity contribution in [3.05, 3.63) is 59.1 Å². The molecule has 9 nitrogen and oxygen atoms in total. The summed E-state index contributed by atoms with van der Waals surface area (Å²) >= 11 is 5.97. The number of carbonyl (C=O) groups is 1. The molecule has 0 bridgehead atoms. The van der Waals surface area contributed by atoms with Crippen molar-refractivity contribution in [1.82, 2.24) is 30.2 Å². The number of H-pyrrole nitrogens is 1. The second-order valence-corrected chi connectivity index (χ2v) is 11.2. The molecule has 1 aromatic heterocycles. The number of aromatic amines is 1. The molecule has 174 valence electrons. The number of amides is 1. The Morgan fingerprint density at radius 3 is 2.45 bits per heavy atom. The van der Waals surface area contributed by atoms with Gasteiger partial charge in [-0.15, -0.1) is 10.2 Å². The molecule has 0 spiro atoms. The highest BCUT2D eigenvalue weighted by molar-refractivity contribution is 7.89. The number of hydrogen-bond acceptors (Lipinski definition) is 6. The lowest BCUT2D eigenvalue weighted by Gasteiger charge is -2.33. The van der Waals surface area contributed by atoms with Crippen molar-refractivity contribution in [3.8, 4) is 11.4 Å². The van der Waals surface area contributed by atoms with Gasteiger partial charge in [0.2, 0.25) is 21.8 Å². The number of aromatic nitrogens is 4. The minimum atomic E-state index is -3.99. The van der Waals surface area contributed by atoms with Gasteiger partial charge in [0.1, 0.15) is 6.04 Å². The van der Waals surface area contributed by atoms with Crippen LogP contribution in [0.1, 0.15) is 32.3 Å². The lowest BCUT2D eigenvalue weighted by molar-refractivity contribution is -0.125. The van der Waals surface area contributed by atoms with Crippen LogP contribution >= 0.6 is 11.6 Å². The number of tetrazole rings is 1. The second-order valence-electron chi connectivity index (χ2n) is 8.86. The summed E-state index contributed by atoms with van der Waals surface area (Å²) in [7, 11) is -3.99. The zero-order chi connectivity index (χ0) is 23.6. The van der Waals surface area contributed by atoms with E-state index in [4.69, 9.17) is 11.6 Å². The van der Waals surface area contributed by atoms with E-state index in [-0.39, 0.29) is 22.8 Å². The van der Waals surface area contributed by atoms with Crippen molar-refractivity contribution < 1.29 is 13.2 Å². The van der Waals surface area contributed by atoms with E-state index in [1.165, 1.54) is 28.6 Å². The van der Waals surface area contributed by atoms with Gasteiger partial charge in [0.05, 0.1) is 4.90 Å².